The Morgan fingerprint density at radius 3 is 2.87 bits per heavy atom. The maximum atomic E-state index is 13.3. The Balaban J connectivity index is 1.99. The van der Waals surface area contributed by atoms with Crippen LogP contribution in [-0.4, -0.2) is 26.0 Å². The molecule has 3 aromatic heterocycles. The van der Waals surface area contributed by atoms with Crippen LogP contribution in [0.5, 0.6) is 0 Å². The van der Waals surface area contributed by atoms with Crippen molar-refractivity contribution in [3.8, 4) is 0 Å². The number of aryl methyl sites for hydroxylation is 1. The van der Waals surface area contributed by atoms with Crippen molar-refractivity contribution in [3.63, 3.8) is 0 Å². The van der Waals surface area contributed by atoms with Crippen molar-refractivity contribution < 1.29 is 14.3 Å². The van der Waals surface area contributed by atoms with Crippen molar-refractivity contribution in [2.75, 3.05) is 5.32 Å². The molecule has 0 spiro atoms. The van der Waals surface area contributed by atoms with Crippen molar-refractivity contribution in [2.24, 2.45) is 0 Å². The van der Waals surface area contributed by atoms with Gasteiger partial charge in [0.1, 0.15) is 5.82 Å². The second-order valence-corrected chi connectivity index (χ2v) is 5.98. The number of hydrogen-bond acceptors (Lipinski definition) is 6. The first kappa shape index (κ1) is 15.3. The number of hydrogen-bond donors (Lipinski definition) is 2. The molecule has 23 heavy (non-hydrogen) atoms. The second-order valence-electron chi connectivity index (χ2n) is 5.10. The van der Waals surface area contributed by atoms with E-state index < -0.39 is 11.8 Å². The highest BCUT2D eigenvalue weighted by molar-refractivity contribution is 7.17. The van der Waals surface area contributed by atoms with Gasteiger partial charge < -0.3 is 10.4 Å². The highest BCUT2D eigenvalue weighted by atomic mass is 32.1. The molecule has 0 aliphatic rings. The van der Waals surface area contributed by atoms with Gasteiger partial charge in [0.25, 0.3) is 0 Å². The third-order valence-electron chi connectivity index (χ3n) is 3.37. The molecule has 0 aromatic carbocycles. The summed E-state index contributed by atoms with van der Waals surface area (Å²) in [5.74, 6) is -1.36. The molecule has 0 bridgehead atoms. The van der Waals surface area contributed by atoms with Gasteiger partial charge in [-0.3, -0.25) is 4.98 Å². The van der Waals surface area contributed by atoms with E-state index in [-0.39, 0.29) is 17.7 Å². The second kappa shape index (κ2) is 5.88. The number of rotatable bonds is 4. The Morgan fingerprint density at radius 1 is 1.39 bits per heavy atom. The predicted octanol–water partition coefficient (Wildman–Crippen LogP) is 3.41. The molecule has 3 heterocycles. The Bertz CT molecular complexity index is 896. The first-order chi connectivity index (χ1) is 11.0. The lowest BCUT2D eigenvalue weighted by Gasteiger charge is -2.14. The Hall–Kier alpha value is -2.61. The van der Waals surface area contributed by atoms with Crippen LogP contribution >= 0.6 is 11.3 Å². The number of aromatic carboxylic acids is 1. The van der Waals surface area contributed by atoms with E-state index in [0.717, 1.165) is 11.8 Å². The molecule has 0 amide bonds. The largest absolute Gasteiger partial charge is 0.476 e. The average Bonchev–Trinajstić information content (AvgIpc) is 2.88. The molecule has 118 valence electrons. The number of pyridine rings is 1. The molecule has 0 saturated heterocycles. The molecule has 2 N–H and O–H groups in total. The van der Waals surface area contributed by atoms with Gasteiger partial charge in [0.2, 0.25) is 5.95 Å². The van der Waals surface area contributed by atoms with Crippen LogP contribution in [-0.2, 0) is 0 Å². The van der Waals surface area contributed by atoms with Crippen LogP contribution in [0.15, 0.2) is 23.8 Å². The Kier molecular flexibility index (Phi) is 3.91. The van der Waals surface area contributed by atoms with Gasteiger partial charge in [-0.25, -0.2) is 19.2 Å². The molecule has 6 nitrogen and oxygen atoms in total. The molecular formula is C15H13FN4O2S. The standard InChI is InChI=1S/C15H13FN4O2S/c1-7-6-23-13-11(7)19-15(20-12(13)14(21)22)18-8(2)9-3-10(16)5-17-4-9/h3-6,8H,1-2H3,(H,21,22)(H,18,19,20)/t8-/m0/s1. The first-order valence-electron chi connectivity index (χ1n) is 6.82. The van der Waals surface area contributed by atoms with Crippen LogP contribution in [0.4, 0.5) is 10.3 Å². The van der Waals surface area contributed by atoms with Crippen LogP contribution in [0.25, 0.3) is 10.2 Å². The quantitative estimate of drug-likeness (QED) is 0.761. The molecular weight excluding hydrogens is 319 g/mol. The topological polar surface area (TPSA) is 88.0 Å². The van der Waals surface area contributed by atoms with Crippen LogP contribution in [0.3, 0.4) is 0 Å². The SMILES string of the molecule is Cc1csc2c(C(=O)O)nc(N[C@@H](C)c3cncc(F)c3)nc12. The van der Waals surface area contributed by atoms with Crippen molar-refractivity contribution in [2.45, 2.75) is 19.9 Å². The fourth-order valence-electron chi connectivity index (χ4n) is 2.18. The number of carbonyl (C=O) groups is 1. The summed E-state index contributed by atoms with van der Waals surface area (Å²) in [5, 5.41) is 14.2. The molecule has 1 atom stereocenters. The molecule has 0 aliphatic carbocycles. The fourth-order valence-corrected chi connectivity index (χ4v) is 3.15. The van der Waals surface area contributed by atoms with Crippen LogP contribution in [0.2, 0.25) is 0 Å². The number of carboxylic acid groups (broad SMARTS) is 1. The monoisotopic (exact) mass is 332 g/mol. The minimum absolute atomic E-state index is 0.0415. The molecule has 3 aromatic rings. The lowest BCUT2D eigenvalue weighted by Crippen LogP contribution is -2.12. The van der Waals surface area contributed by atoms with E-state index in [0.29, 0.717) is 15.8 Å². The van der Waals surface area contributed by atoms with Crippen molar-refractivity contribution >= 4 is 33.5 Å². The van der Waals surface area contributed by atoms with Gasteiger partial charge in [0.15, 0.2) is 5.69 Å². The number of thiophene rings is 1. The van der Waals surface area contributed by atoms with Crippen molar-refractivity contribution in [1.82, 2.24) is 15.0 Å². The number of nitrogens with zero attached hydrogens (tertiary/aromatic N) is 3. The Morgan fingerprint density at radius 2 is 2.17 bits per heavy atom. The van der Waals surface area contributed by atoms with E-state index in [2.05, 4.69) is 20.3 Å². The molecule has 0 saturated carbocycles. The van der Waals surface area contributed by atoms with Gasteiger partial charge >= 0.3 is 5.97 Å². The number of fused-ring (bicyclic) bond motifs is 1. The molecule has 0 radical (unpaired) electrons. The molecule has 3 rings (SSSR count). The normalized spacial score (nSPS) is 12.3. The minimum Gasteiger partial charge on any atom is -0.476 e. The predicted molar refractivity (Wildman–Crippen MR) is 85.3 cm³/mol. The number of halogens is 1. The number of nitrogens with one attached hydrogen (secondary N) is 1. The van der Waals surface area contributed by atoms with Gasteiger partial charge in [0.05, 0.1) is 22.5 Å². The lowest BCUT2D eigenvalue weighted by molar-refractivity contribution is 0.0693. The zero-order valence-corrected chi connectivity index (χ0v) is 13.2. The summed E-state index contributed by atoms with van der Waals surface area (Å²) in [6, 6.07) is 1.04. The minimum atomic E-state index is -1.11. The maximum absolute atomic E-state index is 13.3. The smallest absolute Gasteiger partial charge is 0.356 e. The van der Waals surface area contributed by atoms with Crippen LogP contribution in [0, 0.1) is 12.7 Å². The van der Waals surface area contributed by atoms with E-state index in [4.69, 9.17) is 0 Å². The third-order valence-corrected chi connectivity index (χ3v) is 4.46. The highest BCUT2D eigenvalue weighted by Gasteiger charge is 2.18. The van der Waals surface area contributed by atoms with Gasteiger partial charge in [-0.2, -0.15) is 0 Å². The van der Waals surface area contributed by atoms with E-state index in [9.17, 15) is 14.3 Å². The molecule has 8 heteroatoms. The zero-order chi connectivity index (χ0) is 16.6. The van der Waals surface area contributed by atoms with Gasteiger partial charge in [-0.15, -0.1) is 11.3 Å². The van der Waals surface area contributed by atoms with E-state index in [1.54, 1.807) is 6.92 Å². The zero-order valence-electron chi connectivity index (χ0n) is 12.4. The number of anilines is 1. The van der Waals surface area contributed by atoms with E-state index in [1.165, 1.54) is 23.6 Å². The fraction of sp³-hybridized carbons (Fsp3) is 0.200. The number of carboxylic acids is 1. The summed E-state index contributed by atoms with van der Waals surface area (Å²) >= 11 is 1.30. The summed E-state index contributed by atoms with van der Waals surface area (Å²) in [6.07, 6.45) is 2.66. The maximum Gasteiger partial charge on any atom is 0.356 e. The molecule has 0 fully saturated rings. The van der Waals surface area contributed by atoms with Crippen molar-refractivity contribution in [3.05, 3.63) is 46.5 Å². The van der Waals surface area contributed by atoms with Gasteiger partial charge in [0, 0.05) is 6.20 Å². The summed E-state index contributed by atoms with van der Waals surface area (Å²) in [7, 11) is 0. The first-order valence-corrected chi connectivity index (χ1v) is 7.70. The Labute approximate surface area is 135 Å². The van der Waals surface area contributed by atoms with E-state index >= 15 is 0 Å². The van der Waals surface area contributed by atoms with Gasteiger partial charge in [-0.05, 0) is 36.4 Å². The van der Waals surface area contributed by atoms with E-state index in [1.807, 2.05) is 12.3 Å². The van der Waals surface area contributed by atoms with Crippen LogP contribution in [0.1, 0.15) is 34.6 Å². The van der Waals surface area contributed by atoms with Crippen molar-refractivity contribution in [1.29, 1.82) is 0 Å². The number of aromatic nitrogens is 3. The molecule has 0 aliphatic heterocycles. The third kappa shape index (κ3) is 2.98. The lowest BCUT2D eigenvalue weighted by atomic mass is 10.1. The highest BCUT2D eigenvalue weighted by Crippen LogP contribution is 2.28. The average molecular weight is 332 g/mol. The summed E-state index contributed by atoms with van der Waals surface area (Å²) < 4.78 is 13.8. The van der Waals surface area contributed by atoms with Crippen LogP contribution < -0.4 is 5.32 Å². The van der Waals surface area contributed by atoms with Gasteiger partial charge in [-0.1, -0.05) is 0 Å². The summed E-state index contributed by atoms with van der Waals surface area (Å²) in [5.41, 5.74) is 2.07. The summed E-state index contributed by atoms with van der Waals surface area (Å²) in [4.78, 5) is 23.7. The summed E-state index contributed by atoms with van der Waals surface area (Å²) in [6.45, 7) is 3.66. The molecule has 0 unspecified atom stereocenters.